The zero-order valence-corrected chi connectivity index (χ0v) is 8.54. The molecule has 12 heteroatoms. The number of hydrogen-bond donors (Lipinski definition) is 0. The molecule has 0 heterocycles. The van der Waals surface area contributed by atoms with Crippen LogP contribution in [0.4, 0.5) is 52.7 Å². The second kappa shape index (κ2) is 4.07. The monoisotopic (exact) mass is 324 g/mol. The van der Waals surface area contributed by atoms with Crippen molar-refractivity contribution in [3.63, 3.8) is 0 Å². The summed E-state index contributed by atoms with van der Waals surface area (Å²) in [5, 5.41) is 0. The highest BCUT2D eigenvalue weighted by Crippen LogP contribution is 2.58. The van der Waals surface area contributed by atoms with Crippen LogP contribution >= 0.6 is 0 Å². The van der Waals surface area contributed by atoms with Crippen molar-refractivity contribution in [3.05, 3.63) is 22.8 Å². The smallest absolute Gasteiger partial charge is 0.206 e. The number of hydrogen-bond acceptors (Lipinski definition) is 0. The fourth-order valence-electron chi connectivity index (χ4n) is 1.36. The summed E-state index contributed by atoms with van der Waals surface area (Å²) in [5.41, 5.74) is -7.79. The summed E-state index contributed by atoms with van der Waals surface area (Å²) < 4.78 is 149. The zero-order chi connectivity index (χ0) is 16.3. The van der Waals surface area contributed by atoms with E-state index in [2.05, 4.69) is 0 Å². The molecule has 0 N–H and O–H groups in total. The van der Waals surface area contributed by atoms with Gasteiger partial charge in [-0.2, -0.15) is 43.9 Å². The van der Waals surface area contributed by atoms with Gasteiger partial charge in [0.15, 0.2) is 11.7 Å². The minimum absolute atomic E-state index is 3.71. The summed E-state index contributed by atoms with van der Waals surface area (Å²) in [7, 11) is 0. The van der Waals surface area contributed by atoms with E-state index < -0.39 is 47.0 Å². The molecule has 0 aromatic heterocycles. The fraction of sp³-hybridized carbons (Fsp3) is 0.500. The predicted molar refractivity (Wildman–Crippen MR) is 38.3 cm³/mol. The van der Waals surface area contributed by atoms with E-state index in [9.17, 15) is 52.7 Å². The molecule has 1 rings (SSSR count). The molecule has 0 atom stereocenters. The normalized spacial score (nSPS) is 23.4. The van der Waals surface area contributed by atoms with Gasteiger partial charge in [-0.15, -0.1) is 0 Å². The first kappa shape index (κ1) is 16.7. The second-order valence-corrected chi connectivity index (χ2v) is 3.52. The molecular weight excluding hydrogens is 324 g/mol. The Morgan fingerprint density at radius 2 is 1.05 bits per heavy atom. The quantitative estimate of drug-likeness (QED) is 0.559. The van der Waals surface area contributed by atoms with E-state index in [0.29, 0.717) is 0 Å². The van der Waals surface area contributed by atoms with E-state index >= 15 is 0 Å². The Hall–Kier alpha value is -1.36. The van der Waals surface area contributed by atoms with Crippen LogP contribution in [0, 0.1) is 0 Å². The molecule has 0 fully saturated rings. The van der Waals surface area contributed by atoms with Gasteiger partial charge in [0.2, 0.25) is 0 Å². The van der Waals surface area contributed by atoms with Crippen LogP contribution < -0.4 is 0 Å². The van der Waals surface area contributed by atoms with Crippen LogP contribution in [-0.4, -0.2) is 24.2 Å². The standard InChI is InChI=1S/C8F12/c9-2-1(7(15,16)17)4(10)6(13,14)5(11,12)3(2)8(18,19)20. The summed E-state index contributed by atoms with van der Waals surface area (Å²) in [6.45, 7) is 0. The van der Waals surface area contributed by atoms with Crippen LogP contribution in [0.25, 0.3) is 0 Å². The maximum atomic E-state index is 12.9. The predicted octanol–water partition coefficient (Wildman–Crippen LogP) is 4.84. The molecule has 0 aliphatic heterocycles. The van der Waals surface area contributed by atoms with Crippen LogP contribution in [0.3, 0.4) is 0 Å². The molecule has 1 aliphatic rings. The molecule has 20 heavy (non-hydrogen) atoms. The van der Waals surface area contributed by atoms with Crippen molar-refractivity contribution >= 4 is 0 Å². The van der Waals surface area contributed by atoms with Crippen molar-refractivity contribution in [1.29, 1.82) is 0 Å². The maximum Gasteiger partial charge on any atom is 0.421 e. The highest BCUT2D eigenvalue weighted by atomic mass is 19.4. The Morgan fingerprint density at radius 1 is 0.650 bits per heavy atom. The van der Waals surface area contributed by atoms with E-state index in [1.54, 1.807) is 0 Å². The Labute approximate surface area is 101 Å². The lowest BCUT2D eigenvalue weighted by atomic mass is 9.89. The topological polar surface area (TPSA) is 0 Å². The minimum atomic E-state index is -6.56. The highest BCUT2D eigenvalue weighted by molar-refractivity contribution is 5.49. The SMILES string of the molecule is FC1=C(C(F)(F)F)C(F)(F)C(F)(F)C(F)=C1C(F)(F)F. The minimum Gasteiger partial charge on any atom is -0.206 e. The molecule has 0 aromatic carbocycles. The van der Waals surface area contributed by atoms with Gasteiger partial charge >= 0.3 is 24.2 Å². The van der Waals surface area contributed by atoms with Crippen LogP contribution in [0.2, 0.25) is 0 Å². The second-order valence-electron chi connectivity index (χ2n) is 3.52. The van der Waals surface area contributed by atoms with Gasteiger partial charge in [0, 0.05) is 0 Å². The van der Waals surface area contributed by atoms with Gasteiger partial charge in [0.05, 0.1) is 0 Å². The first-order chi connectivity index (χ1) is 8.56. The van der Waals surface area contributed by atoms with Gasteiger partial charge < -0.3 is 0 Å². The van der Waals surface area contributed by atoms with E-state index in [0.717, 1.165) is 0 Å². The fourth-order valence-corrected chi connectivity index (χ4v) is 1.36. The van der Waals surface area contributed by atoms with E-state index in [1.165, 1.54) is 0 Å². The number of halogens is 12. The van der Waals surface area contributed by atoms with Crippen LogP contribution in [0.5, 0.6) is 0 Å². The highest BCUT2D eigenvalue weighted by Gasteiger charge is 2.73. The number of allylic oxidation sites excluding steroid dienone is 4. The Bertz CT molecular complexity index is 485. The third-order valence-electron chi connectivity index (χ3n) is 2.21. The van der Waals surface area contributed by atoms with Crippen LogP contribution in [0.1, 0.15) is 0 Å². The number of alkyl halides is 10. The molecule has 0 bridgehead atoms. The lowest BCUT2D eigenvalue weighted by molar-refractivity contribution is -0.217. The molecule has 0 saturated heterocycles. The molecular formula is C8F12. The van der Waals surface area contributed by atoms with Gasteiger partial charge in [-0.05, 0) is 0 Å². The average Bonchev–Trinajstić information content (AvgIpc) is 2.09. The van der Waals surface area contributed by atoms with Crippen molar-refractivity contribution in [3.8, 4) is 0 Å². The first-order valence-corrected chi connectivity index (χ1v) is 4.27. The lowest BCUT2D eigenvalue weighted by Crippen LogP contribution is -2.51. The summed E-state index contributed by atoms with van der Waals surface area (Å²) in [4.78, 5) is 0. The number of rotatable bonds is 0. The molecule has 0 unspecified atom stereocenters. The van der Waals surface area contributed by atoms with Gasteiger partial charge in [0.25, 0.3) is 0 Å². The van der Waals surface area contributed by atoms with Gasteiger partial charge in [-0.1, -0.05) is 0 Å². The summed E-state index contributed by atoms with van der Waals surface area (Å²) in [6, 6.07) is 0. The van der Waals surface area contributed by atoms with Crippen molar-refractivity contribution in [2.24, 2.45) is 0 Å². The third kappa shape index (κ3) is 2.14. The van der Waals surface area contributed by atoms with Crippen LogP contribution in [0.15, 0.2) is 22.8 Å². The van der Waals surface area contributed by atoms with Gasteiger partial charge in [-0.3, -0.25) is 0 Å². The Kier molecular flexibility index (Phi) is 3.40. The summed E-state index contributed by atoms with van der Waals surface area (Å²) >= 11 is 0. The molecule has 0 radical (unpaired) electrons. The molecule has 0 spiro atoms. The van der Waals surface area contributed by atoms with E-state index in [-0.39, 0.29) is 0 Å². The van der Waals surface area contributed by atoms with E-state index in [4.69, 9.17) is 0 Å². The third-order valence-corrected chi connectivity index (χ3v) is 2.21. The summed E-state index contributed by atoms with van der Waals surface area (Å²) in [6.07, 6.45) is -12.9. The van der Waals surface area contributed by atoms with Crippen molar-refractivity contribution in [2.45, 2.75) is 24.2 Å². The Balaban J connectivity index is 3.84. The van der Waals surface area contributed by atoms with Crippen molar-refractivity contribution in [2.75, 3.05) is 0 Å². The largest absolute Gasteiger partial charge is 0.421 e. The van der Waals surface area contributed by atoms with E-state index in [1.807, 2.05) is 0 Å². The lowest BCUT2D eigenvalue weighted by Gasteiger charge is -2.33. The molecule has 0 saturated carbocycles. The Morgan fingerprint density at radius 3 is 1.35 bits per heavy atom. The summed E-state index contributed by atoms with van der Waals surface area (Å²) in [5.74, 6) is -20.8. The maximum absolute atomic E-state index is 12.9. The first-order valence-electron chi connectivity index (χ1n) is 4.27. The van der Waals surface area contributed by atoms with Crippen molar-refractivity contribution < 1.29 is 52.7 Å². The molecule has 0 aromatic rings. The van der Waals surface area contributed by atoms with Gasteiger partial charge in [0.1, 0.15) is 11.1 Å². The molecule has 116 valence electrons. The zero-order valence-electron chi connectivity index (χ0n) is 8.54. The molecule has 0 amide bonds. The molecule has 1 aliphatic carbocycles. The van der Waals surface area contributed by atoms with Crippen LogP contribution in [-0.2, 0) is 0 Å². The van der Waals surface area contributed by atoms with Gasteiger partial charge in [-0.25, -0.2) is 8.78 Å². The average molecular weight is 324 g/mol. The molecule has 0 nitrogen and oxygen atoms in total. The van der Waals surface area contributed by atoms with Crippen molar-refractivity contribution in [1.82, 2.24) is 0 Å².